The van der Waals surface area contributed by atoms with Crippen LogP contribution >= 0.6 is 24.0 Å². The normalized spacial score (nSPS) is 19.9. The molecule has 1 unspecified atom stereocenters. The van der Waals surface area contributed by atoms with Crippen molar-refractivity contribution in [2.45, 2.75) is 18.9 Å². The number of aromatic nitrogens is 4. The third-order valence-corrected chi connectivity index (χ3v) is 4.63. The van der Waals surface area contributed by atoms with Gasteiger partial charge < -0.3 is 0 Å². The summed E-state index contributed by atoms with van der Waals surface area (Å²) in [4.78, 5) is 4.04. The first-order valence-corrected chi connectivity index (χ1v) is 7.57. The van der Waals surface area contributed by atoms with Gasteiger partial charge in [0.1, 0.15) is 0 Å². The summed E-state index contributed by atoms with van der Waals surface area (Å²) in [7, 11) is 0. The molecule has 6 heteroatoms. The van der Waals surface area contributed by atoms with Gasteiger partial charge in [-0.3, -0.25) is 14.6 Å². The molecule has 1 N–H and O–H groups in total. The molecule has 2 aromatic rings. The van der Waals surface area contributed by atoms with Crippen molar-refractivity contribution in [1.29, 1.82) is 0 Å². The van der Waals surface area contributed by atoms with E-state index >= 15 is 0 Å². The SMILES string of the molecule is S=c1[nH]nc(-c2ccncc2)n1C1CCCSC1. The Morgan fingerprint density at radius 2 is 2.22 bits per heavy atom. The molecule has 3 heterocycles. The fraction of sp³-hybridized carbons (Fsp3) is 0.417. The molecule has 1 fully saturated rings. The number of hydrogen-bond acceptors (Lipinski definition) is 4. The number of thioether (sulfide) groups is 1. The van der Waals surface area contributed by atoms with Gasteiger partial charge in [-0.05, 0) is 42.9 Å². The van der Waals surface area contributed by atoms with Crippen LogP contribution in [0.5, 0.6) is 0 Å². The highest BCUT2D eigenvalue weighted by Gasteiger charge is 2.20. The smallest absolute Gasteiger partial charge is 0.195 e. The van der Waals surface area contributed by atoms with Crippen LogP contribution in [0.1, 0.15) is 18.9 Å². The number of pyridine rings is 1. The van der Waals surface area contributed by atoms with E-state index in [2.05, 4.69) is 19.7 Å². The van der Waals surface area contributed by atoms with Gasteiger partial charge in [0.2, 0.25) is 0 Å². The minimum absolute atomic E-state index is 0.457. The average Bonchev–Trinajstić information content (AvgIpc) is 2.83. The quantitative estimate of drug-likeness (QED) is 0.858. The number of nitrogens with one attached hydrogen (secondary N) is 1. The molecule has 0 radical (unpaired) electrons. The van der Waals surface area contributed by atoms with Crippen molar-refractivity contribution < 1.29 is 0 Å². The maximum atomic E-state index is 5.37. The van der Waals surface area contributed by atoms with E-state index in [4.69, 9.17) is 12.2 Å². The van der Waals surface area contributed by atoms with Gasteiger partial charge in [-0.2, -0.15) is 16.9 Å². The van der Waals surface area contributed by atoms with Gasteiger partial charge in [-0.1, -0.05) is 0 Å². The third-order valence-electron chi connectivity index (χ3n) is 3.14. The standard InChI is InChI=1S/C12H14N4S2/c17-12-15-14-11(9-3-5-13-6-4-9)16(12)10-2-1-7-18-8-10/h3-6,10H,1-2,7-8H2,(H,15,17). The molecule has 0 amide bonds. The van der Waals surface area contributed by atoms with Crippen LogP contribution in [0.2, 0.25) is 0 Å². The van der Waals surface area contributed by atoms with Crippen molar-refractivity contribution in [3.05, 3.63) is 29.3 Å². The number of aromatic amines is 1. The first kappa shape index (κ1) is 11.9. The molecule has 1 aliphatic rings. The number of H-pyrrole nitrogens is 1. The molecule has 0 aliphatic carbocycles. The number of nitrogens with zero attached hydrogens (tertiary/aromatic N) is 3. The van der Waals surface area contributed by atoms with Crippen LogP contribution in [0.25, 0.3) is 11.4 Å². The predicted molar refractivity (Wildman–Crippen MR) is 76.2 cm³/mol. The van der Waals surface area contributed by atoms with E-state index < -0.39 is 0 Å². The zero-order valence-corrected chi connectivity index (χ0v) is 11.5. The Hall–Kier alpha value is -1.14. The highest BCUT2D eigenvalue weighted by atomic mass is 32.2. The van der Waals surface area contributed by atoms with Gasteiger partial charge in [0, 0.05) is 29.8 Å². The van der Waals surface area contributed by atoms with E-state index in [1.54, 1.807) is 12.4 Å². The summed E-state index contributed by atoms with van der Waals surface area (Å²) in [6.45, 7) is 0. The first-order chi connectivity index (χ1) is 8.86. The average molecular weight is 278 g/mol. The molecule has 2 aromatic heterocycles. The molecular weight excluding hydrogens is 264 g/mol. The van der Waals surface area contributed by atoms with Crippen molar-refractivity contribution in [2.75, 3.05) is 11.5 Å². The van der Waals surface area contributed by atoms with Crippen LogP contribution in [0.3, 0.4) is 0 Å². The molecule has 0 aromatic carbocycles. The van der Waals surface area contributed by atoms with Gasteiger partial charge in [0.15, 0.2) is 10.6 Å². The monoisotopic (exact) mass is 278 g/mol. The Morgan fingerprint density at radius 3 is 2.94 bits per heavy atom. The minimum atomic E-state index is 0.457. The Balaban J connectivity index is 2.03. The predicted octanol–water partition coefficient (Wildman–Crippen LogP) is 3.07. The van der Waals surface area contributed by atoms with Gasteiger partial charge in [0.25, 0.3) is 0 Å². The van der Waals surface area contributed by atoms with Crippen LogP contribution in [0, 0.1) is 4.77 Å². The molecule has 0 saturated carbocycles. The second kappa shape index (κ2) is 5.24. The van der Waals surface area contributed by atoms with Crippen molar-refractivity contribution in [2.24, 2.45) is 0 Å². The largest absolute Gasteiger partial charge is 0.296 e. The van der Waals surface area contributed by atoms with Gasteiger partial charge >= 0.3 is 0 Å². The van der Waals surface area contributed by atoms with Crippen LogP contribution in [-0.4, -0.2) is 31.3 Å². The lowest BCUT2D eigenvalue weighted by atomic mass is 10.1. The van der Waals surface area contributed by atoms with Crippen molar-refractivity contribution in [3.8, 4) is 11.4 Å². The second-order valence-electron chi connectivity index (χ2n) is 4.33. The van der Waals surface area contributed by atoms with Crippen molar-refractivity contribution >= 4 is 24.0 Å². The molecule has 94 valence electrons. The van der Waals surface area contributed by atoms with Crippen LogP contribution in [-0.2, 0) is 0 Å². The molecule has 1 aliphatic heterocycles. The zero-order valence-electron chi connectivity index (χ0n) is 9.87. The van der Waals surface area contributed by atoms with E-state index in [1.807, 2.05) is 23.9 Å². The Kier molecular flexibility index (Phi) is 3.47. The summed E-state index contributed by atoms with van der Waals surface area (Å²) in [6.07, 6.45) is 6.00. The lowest BCUT2D eigenvalue weighted by Crippen LogP contribution is -2.17. The maximum absolute atomic E-state index is 5.37. The zero-order chi connectivity index (χ0) is 12.4. The van der Waals surface area contributed by atoms with Crippen LogP contribution in [0.4, 0.5) is 0 Å². The first-order valence-electron chi connectivity index (χ1n) is 6.01. The van der Waals surface area contributed by atoms with Crippen LogP contribution < -0.4 is 0 Å². The lowest BCUT2D eigenvalue weighted by molar-refractivity contribution is 0.498. The Bertz CT molecular complexity index is 569. The molecule has 1 saturated heterocycles. The maximum Gasteiger partial charge on any atom is 0.195 e. The molecule has 0 spiro atoms. The molecule has 0 bridgehead atoms. The third kappa shape index (κ3) is 2.22. The fourth-order valence-electron chi connectivity index (χ4n) is 2.28. The topological polar surface area (TPSA) is 46.5 Å². The Labute approximate surface area is 115 Å². The summed E-state index contributed by atoms with van der Waals surface area (Å²) < 4.78 is 2.88. The fourth-order valence-corrected chi connectivity index (χ4v) is 3.68. The Morgan fingerprint density at radius 1 is 1.39 bits per heavy atom. The molecule has 3 rings (SSSR count). The van der Waals surface area contributed by atoms with Gasteiger partial charge in [0.05, 0.1) is 0 Å². The highest BCUT2D eigenvalue weighted by molar-refractivity contribution is 7.99. The van der Waals surface area contributed by atoms with E-state index in [0.29, 0.717) is 10.8 Å². The lowest BCUT2D eigenvalue weighted by Gasteiger charge is -2.23. The molecule has 1 atom stereocenters. The summed E-state index contributed by atoms with van der Waals surface area (Å²) in [5.74, 6) is 3.30. The molecule has 4 nitrogen and oxygen atoms in total. The number of hydrogen-bond donors (Lipinski definition) is 1. The summed E-state index contributed by atoms with van der Waals surface area (Å²) in [5, 5.41) is 7.29. The summed E-state index contributed by atoms with van der Waals surface area (Å²) in [5.41, 5.74) is 1.06. The van der Waals surface area contributed by atoms with Gasteiger partial charge in [-0.15, -0.1) is 0 Å². The van der Waals surface area contributed by atoms with Gasteiger partial charge in [-0.25, -0.2) is 0 Å². The number of rotatable bonds is 2. The summed E-state index contributed by atoms with van der Waals surface area (Å²) in [6, 6.07) is 4.40. The van der Waals surface area contributed by atoms with Crippen molar-refractivity contribution in [3.63, 3.8) is 0 Å². The molecule has 18 heavy (non-hydrogen) atoms. The van der Waals surface area contributed by atoms with E-state index in [9.17, 15) is 0 Å². The van der Waals surface area contributed by atoms with Crippen molar-refractivity contribution in [1.82, 2.24) is 19.7 Å². The second-order valence-corrected chi connectivity index (χ2v) is 5.87. The van der Waals surface area contributed by atoms with E-state index in [0.717, 1.165) is 17.1 Å². The summed E-state index contributed by atoms with van der Waals surface area (Å²) >= 11 is 7.37. The highest BCUT2D eigenvalue weighted by Crippen LogP contribution is 2.30. The minimum Gasteiger partial charge on any atom is -0.296 e. The van der Waals surface area contributed by atoms with Crippen LogP contribution in [0.15, 0.2) is 24.5 Å². The van der Waals surface area contributed by atoms with E-state index in [-0.39, 0.29) is 0 Å². The van der Waals surface area contributed by atoms with E-state index in [1.165, 1.54) is 18.6 Å². The molecular formula is C12H14N4S2.